The molecule has 1 fully saturated rings. The molecule has 2 N–H and O–H groups in total. The molecular weight excluding hydrogens is 182 g/mol. The van der Waals surface area contributed by atoms with Crippen molar-refractivity contribution in [3.8, 4) is 0 Å². The Balaban J connectivity index is 2.08. The zero-order valence-electron chi connectivity index (χ0n) is 7.86. The lowest BCUT2D eigenvalue weighted by Gasteiger charge is -2.31. The zero-order chi connectivity index (χ0) is 9.26. The fraction of sp³-hybridized carbons (Fsp3) is 0.667. The summed E-state index contributed by atoms with van der Waals surface area (Å²) < 4.78 is 4.09. The van der Waals surface area contributed by atoms with E-state index in [1.807, 2.05) is 6.07 Å². The molecule has 1 unspecified atom stereocenters. The second-order valence-corrected chi connectivity index (χ2v) is 4.57. The molecule has 1 aromatic rings. The summed E-state index contributed by atoms with van der Waals surface area (Å²) in [5.74, 6) is 1.45. The average Bonchev–Trinajstić information content (AvgIpc) is 2.52. The summed E-state index contributed by atoms with van der Waals surface area (Å²) >= 11 is 1.51. The molecule has 1 atom stereocenters. The minimum atomic E-state index is 0.651. The van der Waals surface area contributed by atoms with Crippen LogP contribution in [0.15, 0.2) is 6.07 Å². The van der Waals surface area contributed by atoms with Crippen molar-refractivity contribution in [2.75, 3.05) is 23.7 Å². The molecule has 0 spiro atoms. The van der Waals surface area contributed by atoms with Crippen molar-refractivity contribution in [2.45, 2.75) is 19.8 Å². The fourth-order valence-electron chi connectivity index (χ4n) is 1.82. The maximum atomic E-state index is 5.59. The summed E-state index contributed by atoms with van der Waals surface area (Å²) in [6.07, 6.45) is 2.64. The van der Waals surface area contributed by atoms with Gasteiger partial charge in [0.15, 0.2) is 0 Å². The summed E-state index contributed by atoms with van der Waals surface area (Å²) in [4.78, 5) is 2.39. The molecule has 0 radical (unpaired) electrons. The molecule has 0 aliphatic carbocycles. The van der Waals surface area contributed by atoms with E-state index in [-0.39, 0.29) is 0 Å². The Kier molecular flexibility index (Phi) is 2.40. The second kappa shape index (κ2) is 3.54. The minimum absolute atomic E-state index is 0.651. The quantitative estimate of drug-likeness (QED) is 0.748. The first-order valence-corrected chi connectivity index (χ1v) is 5.50. The van der Waals surface area contributed by atoms with Gasteiger partial charge in [0.2, 0.25) is 0 Å². The van der Waals surface area contributed by atoms with E-state index in [0.717, 1.165) is 19.0 Å². The van der Waals surface area contributed by atoms with Gasteiger partial charge in [-0.1, -0.05) is 6.92 Å². The molecule has 4 heteroatoms. The monoisotopic (exact) mass is 197 g/mol. The van der Waals surface area contributed by atoms with E-state index in [9.17, 15) is 0 Å². The van der Waals surface area contributed by atoms with Gasteiger partial charge < -0.3 is 10.6 Å². The number of anilines is 2. The van der Waals surface area contributed by atoms with Crippen LogP contribution in [0.25, 0.3) is 0 Å². The SMILES string of the molecule is CC1CCCN(c2cc(N)ns2)C1. The highest BCUT2D eigenvalue weighted by Gasteiger charge is 2.17. The number of nitrogens with two attached hydrogens (primary N) is 1. The van der Waals surface area contributed by atoms with Gasteiger partial charge in [-0.15, -0.1) is 0 Å². The molecule has 1 saturated heterocycles. The fourth-order valence-corrected chi connectivity index (χ4v) is 2.52. The molecule has 2 rings (SSSR count). The molecule has 0 aromatic carbocycles. The number of nitrogen functional groups attached to an aromatic ring is 1. The highest BCUT2D eigenvalue weighted by atomic mass is 32.1. The molecule has 13 heavy (non-hydrogen) atoms. The molecule has 2 heterocycles. The van der Waals surface area contributed by atoms with Crippen molar-refractivity contribution in [1.29, 1.82) is 0 Å². The number of hydrogen-bond acceptors (Lipinski definition) is 4. The van der Waals surface area contributed by atoms with E-state index >= 15 is 0 Å². The molecule has 1 aliphatic rings. The standard InChI is InChI=1S/C9H15N3S/c1-7-3-2-4-12(6-7)9-5-8(10)11-13-9/h5,7H,2-4,6H2,1H3,(H2,10,11). The molecule has 0 amide bonds. The normalized spacial score (nSPS) is 23.5. The van der Waals surface area contributed by atoms with Gasteiger partial charge in [-0.05, 0) is 30.3 Å². The van der Waals surface area contributed by atoms with Crippen molar-refractivity contribution in [1.82, 2.24) is 4.37 Å². The van der Waals surface area contributed by atoms with E-state index in [1.54, 1.807) is 0 Å². The maximum Gasteiger partial charge on any atom is 0.139 e. The molecule has 72 valence electrons. The van der Waals surface area contributed by atoms with E-state index in [0.29, 0.717) is 5.82 Å². The number of nitrogens with zero attached hydrogens (tertiary/aromatic N) is 2. The Morgan fingerprint density at radius 2 is 2.54 bits per heavy atom. The lowest BCUT2D eigenvalue weighted by Crippen LogP contribution is -2.33. The topological polar surface area (TPSA) is 42.1 Å². The highest BCUT2D eigenvalue weighted by Crippen LogP contribution is 2.27. The summed E-state index contributed by atoms with van der Waals surface area (Å²) in [6, 6.07) is 1.97. The zero-order valence-corrected chi connectivity index (χ0v) is 8.68. The van der Waals surface area contributed by atoms with Crippen LogP contribution in [0, 0.1) is 5.92 Å². The van der Waals surface area contributed by atoms with Crippen LogP contribution in [-0.4, -0.2) is 17.5 Å². The summed E-state index contributed by atoms with van der Waals surface area (Å²) in [6.45, 7) is 4.62. The Labute approximate surface area is 82.7 Å². The van der Waals surface area contributed by atoms with Crippen molar-refractivity contribution in [2.24, 2.45) is 5.92 Å². The van der Waals surface area contributed by atoms with Crippen LogP contribution in [0.3, 0.4) is 0 Å². The van der Waals surface area contributed by atoms with Crippen molar-refractivity contribution < 1.29 is 0 Å². The molecule has 3 nitrogen and oxygen atoms in total. The van der Waals surface area contributed by atoms with Gasteiger partial charge in [-0.25, -0.2) is 0 Å². The van der Waals surface area contributed by atoms with Crippen LogP contribution < -0.4 is 10.6 Å². The third-order valence-electron chi connectivity index (χ3n) is 2.48. The van der Waals surface area contributed by atoms with Gasteiger partial charge in [0, 0.05) is 19.2 Å². The Hall–Kier alpha value is -0.770. The van der Waals surface area contributed by atoms with E-state index < -0.39 is 0 Å². The van der Waals surface area contributed by atoms with E-state index in [1.165, 1.54) is 29.4 Å². The first kappa shape index (κ1) is 8.81. The van der Waals surface area contributed by atoms with Gasteiger partial charge in [-0.2, -0.15) is 4.37 Å². The van der Waals surface area contributed by atoms with Crippen LogP contribution in [0.5, 0.6) is 0 Å². The first-order valence-electron chi connectivity index (χ1n) is 4.73. The van der Waals surface area contributed by atoms with Crippen LogP contribution in [0.2, 0.25) is 0 Å². The second-order valence-electron chi connectivity index (χ2n) is 3.78. The number of rotatable bonds is 1. The minimum Gasteiger partial charge on any atom is -0.383 e. The summed E-state index contributed by atoms with van der Waals surface area (Å²) in [7, 11) is 0. The summed E-state index contributed by atoms with van der Waals surface area (Å²) in [5, 5.41) is 1.23. The highest BCUT2D eigenvalue weighted by molar-refractivity contribution is 7.10. The van der Waals surface area contributed by atoms with Gasteiger partial charge in [0.05, 0.1) is 0 Å². The van der Waals surface area contributed by atoms with Gasteiger partial charge in [0.25, 0.3) is 0 Å². The maximum absolute atomic E-state index is 5.59. The Morgan fingerprint density at radius 1 is 1.69 bits per heavy atom. The Morgan fingerprint density at radius 3 is 3.15 bits per heavy atom. The number of hydrogen-bond donors (Lipinski definition) is 1. The van der Waals surface area contributed by atoms with Crippen molar-refractivity contribution in [3.05, 3.63) is 6.07 Å². The molecule has 0 bridgehead atoms. The van der Waals surface area contributed by atoms with Crippen LogP contribution in [0.1, 0.15) is 19.8 Å². The van der Waals surface area contributed by atoms with E-state index in [4.69, 9.17) is 5.73 Å². The predicted molar refractivity (Wildman–Crippen MR) is 57.1 cm³/mol. The smallest absolute Gasteiger partial charge is 0.139 e. The average molecular weight is 197 g/mol. The van der Waals surface area contributed by atoms with Crippen LogP contribution in [-0.2, 0) is 0 Å². The van der Waals surface area contributed by atoms with E-state index in [2.05, 4.69) is 16.2 Å². The lowest BCUT2D eigenvalue weighted by molar-refractivity contribution is 0.448. The summed E-state index contributed by atoms with van der Waals surface area (Å²) in [5.41, 5.74) is 5.59. The van der Waals surface area contributed by atoms with Crippen LogP contribution >= 0.6 is 11.5 Å². The molecule has 1 aromatic heterocycles. The molecule has 0 saturated carbocycles. The third kappa shape index (κ3) is 1.94. The first-order chi connectivity index (χ1) is 6.25. The third-order valence-corrected chi connectivity index (χ3v) is 3.35. The largest absolute Gasteiger partial charge is 0.383 e. The van der Waals surface area contributed by atoms with Crippen molar-refractivity contribution >= 4 is 22.4 Å². The molecular formula is C9H15N3S. The predicted octanol–water partition coefficient (Wildman–Crippen LogP) is 1.96. The number of piperidine rings is 1. The van der Waals surface area contributed by atoms with Gasteiger partial charge >= 0.3 is 0 Å². The lowest BCUT2D eigenvalue weighted by atomic mass is 10.0. The Bertz CT molecular complexity index is 284. The van der Waals surface area contributed by atoms with Crippen LogP contribution in [0.4, 0.5) is 10.8 Å². The number of aromatic nitrogens is 1. The van der Waals surface area contributed by atoms with Gasteiger partial charge in [-0.3, -0.25) is 0 Å². The van der Waals surface area contributed by atoms with Gasteiger partial charge in [0.1, 0.15) is 10.8 Å². The molecule has 1 aliphatic heterocycles. The van der Waals surface area contributed by atoms with Crippen molar-refractivity contribution in [3.63, 3.8) is 0 Å².